The minimum absolute atomic E-state index is 0.0805. The number of aromatic nitrogens is 3. The first-order chi connectivity index (χ1) is 19.1. The lowest BCUT2D eigenvalue weighted by Gasteiger charge is -2.39. The maximum Gasteiger partial charge on any atom is 0.312 e. The molecule has 1 spiro atoms. The molecule has 11 nitrogen and oxygen atoms in total. The highest BCUT2D eigenvalue weighted by molar-refractivity contribution is 5.98. The molecule has 2 unspecified atom stereocenters. The van der Waals surface area contributed by atoms with E-state index in [1.54, 1.807) is 22.6 Å². The number of hydrogen-bond donors (Lipinski definition) is 1. The lowest BCUT2D eigenvalue weighted by molar-refractivity contribution is -0.162. The van der Waals surface area contributed by atoms with Gasteiger partial charge in [-0.3, -0.25) is 14.4 Å². The monoisotopic (exact) mass is 553 g/mol. The Morgan fingerprint density at radius 3 is 2.75 bits per heavy atom. The van der Waals surface area contributed by atoms with Crippen molar-refractivity contribution in [2.24, 2.45) is 17.8 Å². The Morgan fingerprint density at radius 2 is 2.08 bits per heavy atom. The Bertz CT molecular complexity index is 1310. The van der Waals surface area contributed by atoms with Gasteiger partial charge in [0.25, 0.3) is 0 Å². The summed E-state index contributed by atoms with van der Waals surface area (Å²) in [6.45, 7) is 11.6. The Labute approximate surface area is 234 Å². The van der Waals surface area contributed by atoms with Crippen molar-refractivity contribution in [3.05, 3.63) is 36.9 Å². The van der Waals surface area contributed by atoms with Gasteiger partial charge >= 0.3 is 5.97 Å². The molecule has 40 heavy (non-hydrogen) atoms. The van der Waals surface area contributed by atoms with E-state index in [2.05, 4.69) is 16.9 Å². The highest BCUT2D eigenvalue weighted by Gasteiger charge is 2.79. The van der Waals surface area contributed by atoms with E-state index in [0.29, 0.717) is 24.8 Å². The number of aliphatic hydroxyl groups excluding tert-OH is 1. The average molecular weight is 554 g/mol. The summed E-state index contributed by atoms with van der Waals surface area (Å²) in [4.78, 5) is 45.3. The standard InChI is InChI=1S/C29H39N5O6/c1-6-14-32(17-33-21-11-9-8-10-20(21)30-31-33)26(37)24-29-13-12-28(5,40-29)23(27(38)39-7-2)22(29)25(36)34(24)19(16-35)15-18(3)4/h6,8-11,18-19,22-24,35H,1,7,12-17H2,2-5H3/t19-,22+,23-,24?,28+,29?/m1/s1. The van der Waals surface area contributed by atoms with Gasteiger partial charge in [-0.25, -0.2) is 4.68 Å². The van der Waals surface area contributed by atoms with Gasteiger partial charge in [-0.1, -0.05) is 37.3 Å². The molecule has 0 radical (unpaired) electrons. The molecule has 3 aliphatic rings. The first-order valence-corrected chi connectivity index (χ1v) is 14.1. The number of likely N-dealkylation sites (tertiary alicyclic amines) is 1. The molecule has 1 N–H and O–H groups in total. The van der Waals surface area contributed by atoms with Crippen LogP contribution in [-0.4, -0.2) is 90.7 Å². The van der Waals surface area contributed by atoms with Gasteiger partial charge in [0.15, 0.2) is 0 Å². The van der Waals surface area contributed by atoms with Crippen LogP contribution in [0.2, 0.25) is 0 Å². The minimum Gasteiger partial charge on any atom is -0.466 e. The second kappa shape index (κ2) is 10.6. The van der Waals surface area contributed by atoms with Gasteiger partial charge in [0.05, 0.1) is 36.3 Å². The van der Waals surface area contributed by atoms with Gasteiger partial charge in [0.2, 0.25) is 11.8 Å². The Balaban J connectivity index is 1.58. The van der Waals surface area contributed by atoms with E-state index in [-0.39, 0.29) is 44.2 Å². The molecule has 0 saturated carbocycles. The Kier molecular flexibility index (Phi) is 7.47. The maximum atomic E-state index is 14.6. The molecule has 2 aromatic rings. The van der Waals surface area contributed by atoms with Crippen molar-refractivity contribution in [3.8, 4) is 0 Å². The fraction of sp³-hybridized carbons (Fsp3) is 0.621. The third kappa shape index (κ3) is 4.30. The molecule has 0 aliphatic carbocycles. The number of carbonyl (C=O) groups excluding carboxylic acids is 3. The molecule has 6 atom stereocenters. The number of ether oxygens (including phenoxy) is 2. The number of fused-ring (bicyclic) bond motifs is 2. The molecule has 11 heteroatoms. The number of rotatable bonds is 11. The molecule has 1 aromatic carbocycles. The smallest absolute Gasteiger partial charge is 0.312 e. The van der Waals surface area contributed by atoms with E-state index >= 15 is 0 Å². The molecule has 3 fully saturated rings. The zero-order valence-electron chi connectivity index (χ0n) is 23.7. The van der Waals surface area contributed by atoms with Gasteiger partial charge in [0, 0.05) is 6.54 Å². The quantitative estimate of drug-likeness (QED) is 0.331. The van der Waals surface area contributed by atoms with E-state index < -0.39 is 41.1 Å². The zero-order valence-corrected chi connectivity index (χ0v) is 23.7. The zero-order chi connectivity index (χ0) is 28.8. The SMILES string of the molecule is C=CCN(Cn1nnc2ccccc21)C(=O)C1N([C@@H](CO)CC(C)C)C(=O)[C@@H]2[C@H](C(=O)OCC)[C@]3(C)CCC12O3. The summed E-state index contributed by atoms with van der Waals surface area (Å²) in [5, 5.41) is 18.9. The van der Waals surface area contributed by atoms with Crippen molar-refractivity contribution >= 4 is 28.8 Å². The molecule has 3 aliphatic heterocycles. The van der Waals surface area contributed by atoms with E-state index in [4.69, 9.17) is 9.47 Å². The largest absolute Gasteiger partial charge is 0.466 e. The number of nitrogens with zero attached hydrogens (tertiary/aromatic N) is 5. The van der Waals surface area contributed by atoms with Gasteiger partial charge in [-0.05, 0) is 51.2 Å². The summed E-state index contributed by atoms with van der Waals surface area (Å²) in [6.07, 6.45) is 3.07. The molecule has 2 bridgehead atoms. The summed E-state index contributed by atoms with van der Waals surface area (Å²) in [5.74, 6) is -2.73. The third-order valence-corrected chi connectivity index (χ3v) is 8.72. The third-order valence-electron chi connectivity index (χ3n) is 8.72. The molecular weight excluding hydrogens is 514 g/mol. The predicted molar refractivity (Wildman–Crippen MR) is 145 cm³/mol. The summed E-state index contributed by atoms with van der Waals surface area (Å²) < 4.78 is 13.7. The number of benzene rings is 1. The van der Waals surface area contributed by atoms with Crippen LogP contribution in [0, 0.1) is 17.8 Å². The lowest BCUT2D eigenvalue weighted by Crippen LogP contribution is -2.59. The highest BCUT2D eigenvalue weighted by Crippen LogP contribution is 2.63. The fourth-order valence-electron chi connectivity index (χ4n) is 7.18. The van der Waals surface area contributed by atoms with Crippen molar-refractivity contribution in [1.82, 2.24) is 24.8 Å². The molecule has 216 valence electrons. The maximum absolute atomic E-state index is 14.6. The van der Waals surface area contributed by atoms with Crippen molar-refractivity contribution in [2.75, 3.05) is 19.8 Å². The average Bonchev–Trinajstić information content (AvgIpc) is 3.62. The van der Waals surface area contributed by atoms with Crippen LogP contribution >= 0.6 is 0 Å². The van der Waals surface area contributed by atoms with Crippen LogP contribution in [0.1, 0.15) is 47.0 Å². The summed E-state index contributed by atoms with van der Waals surface area (Å²) in [5.41, 5.74) is -0.671. The van der Waals surface area contributed by atoms with Crippen molar-refractivity contribution in [3.63, 3.8) is 0 Å². The van der Waals surface area contributed by atoms with Crippen LogP contribution in [0.3, 0.4) is 0 Å². The van der Waals surface area contributed by atoms with Gasteiger partial charge in [-0.2, -0.15) is 0 Å². The Hall–Kier alpha value is -3.31. The number of hydrogen-bond acceptors (Lipinski definition) is 8. The molecule has 1 aromatic heterocycles. The lowest BCUT2D eigenvalue weighted by atomic mass is 9.66. The van der Waals surface area contributed by atoms with Crippen LogP contribution in [0.4, 0.5) is 0 Å². The first kappa shape index (κ1) is 28.2. The number of amides is 2. The first-order valence-electron chi connectivity index (χ1n) is 14.1. The molecule has 5 rings (SSSR count). The second-order valence-electron chi connectivity index (χ2n) is 11.8. The van der Waals surface area contributed by atoms with Crippen LogP contribution in [-0.2, 0) is 30.5 Å². The number of esters is 1. The topological polar surface area (TPSA) is 127 Å². The van der Waals surface area contributed by atoms with Crippen molar-refractivity contribution < 1.29 is 29.0 Å². The minimum atomic E-state index is -1.21. The van der Waals surface area contributed by atoms with Crippen LogP contribution in [0.5, 0.6) is 0 Å². The fourth-order valence-corrected chi connectivity index (χ4v) is 7.18. The molecule has 2 amide bonds. The normalized spacial score (nSPS) is 29.7. The van der Waals surface area contributed by atoms with Gasteiger partial charge in [0.1, 0.15) is 29.7 Å². The molecular formula is C29H39N5O6. The Morgan fingerprint density at radius 1 is 1.32 bits per heavy atom. The molecule has 3 saturated heterocycles. The van der Waals surface area contributed by atoms with E-state index in [9.17, 15) is 19.5 Å². The van der Waals surface area contributed by atoms with Crippen LogP contribution in [0.25, 0.3) is 11.0 Å². The number of carbonyl (C=O) groups is 3. The number of aliphatic hydroxyl groups is 1. The van der Waals surface area contributed by atoms with E-state index in [1.807, 2.05) is 45.0 Å². The van der Waals surface area contributed by atoms with Crippen molar-refractivity contribution in [2.45, 2.75) is 76.9 Å². The second-order valence-corrected chi connectivity index (χ2v) is 11.8. The van der Waals surface area contributed by atoms with Crippen LogP contribution in [0.15, 0.2) is 36.9 Å². The highest BCUT2D eigenvalue weighted by atomic mass is 16.6. The summed E-state index contributed by atoms with van der Waals surface area (Å²) >= 11 is 0. The van der Waals surface area contributed by atoms with Crippen molar-refractivity contribution in [1.29, 1.82) is 0 Å². The van der Waals surface area contributed by atoms with E-state index in [0.717, 1.165) is 5.52 Å². The van der Waals surface area contributed by atoms with Gasteiger partial charge < -0.3 is 24.4 Å². The molecule has 4 heterocycles. The van der Waals surface area contributed by atoms with E-state index in [1.165, 1.54) is 4.90 Å². The summed E-state index contributed by atoms with van der Waals surface area (Å²) in [6, 6.07) is 5.82. The predicted octanol–water partition coefficient (Wildman–Crippen LogP) is 2.14. The van der Waals surface area contributed by atoms with Crippen LogP contribution < -0.4 is 0 Å². The van der Waals surface area contributed by atoms with Gasteiger partial charge in [-0.15, -0.1) is 11.7 Å². The summed E-state index contributed by atoms with van der Waals surface area (Å²) in [7, 11) is 0. The number of para-hydroxylation sites is 1.